The predicted octanol–water partition coefficient (Wildman–Crippen LogP) is 3.44. The van der Waals surface area contributed by atoms with Crippen LogP contribution < -0.4 is 14.8 Å². The van der Waals surface area contributed by atoms with Crippen molar-refractivity contribution in [3.8, 4) is 11.5 Å². The molecule has 24 heavy (non-hydrogen) atoms. The number of carbonyl (C=O) groups excluding carboxylic acids is 1. The van der Waals surface area contributed by atoms with Gasteiger partial charge in [0.1, 0.15) is 0 Å². The van der Waals surface area contributed by atoms with Gasteiger partial charge in [-0.05, 0) is 48.1 Å². The van der Waals surface area contributed by atoms with Gasteiger partial charge in [0, 0.05) is 0 Å². The average molecular weight is 325 g/mol. The summed E-state index contributed by atoms with van der Waals surface area (Å²) in [5.74, 6) is 1.35. The number of benzene rings is 2. The first-order valence-corrected chi connectivity index (χ1v) is 8.29. The van der Waals surface area contributed by atoms with Crippen molar-refractivity contribution in [2.45, 2.75) is 31.7 Å². The first-order valence-electron chi connectivity index (χ1n) is 8.29. The van der Waals surface area contributed by atoms with Crippen LogP contribution in [0.3, 0.4) is 0 Å². The lowest BCUT2D eigenvalue weighted by atomic mass is 9.87. The molecule has 1 amide bonds. The first-order chi connectivity index (χ1) is 11.7. The summed E-state index contributed by atoms with van der Waals surface area (Å²) in [4.78, 5) is 12.5. The zero-order valence-corrected chi connectivity index (χ0v) is 14.2. The van der Waals surface area contributed by atoms with Gasteiger partial charge in [-0.25, -0.2) is 0 Å². The van der Waals surface area contributed by atoms with Gasteiger partial charge in [-0.15, -0.1) is 0 Å². The molecule has 1 atom stereocenters. The van der Waals surface area contributed by atoms with Crippen molar-refractivity contribution in [1.29, 1.82) is 0 Å². The van der Waals surface area contributed by atoms with Gasteiger partial charge < -0.3 is 14.8 Å². The maximum Gasteiger partial charge on any atom is 0.224 e. The Morgan fingerprint density at radius 2 is 1.92 bits per heavy atom. The zero-order valence-electron chi connectivity index (χ0n) is 14.2. The molecular formula is C20H23NO3. The second kappa shape index (κ2) is 7.39. The minimum Gasteiger partial charge on any atom is -0.493 e. The standard InChI is InChI=1S/C20H23NO3/c1-23-18-11-10-14(12-19(18)24-2)13-20(22)21-17-9-5-7-15-6-3-4-8-16(15)17/h3-4,6,8,10-12,17H,5,7,9,13H2,1-2H3,(H,21,22). The van der Waals surface area contributed by atoms with E-state index in [0.29, 0.717) is 17.9 Å². The number of hydrogen-bond acceptors (Lipinski definition) is 3. The minimum atomic E-state index is 0.0314. The molecule has 126 valence electrons. The van der Waals surface area contributed by atoms with E-state index in [0.717, 1.165) is 24.8 Å². The molecule has 4 nitrogen and oxygen atoms in total. The van der Waals surface area contributed by atoms with Gasteiger partial charge in [0.15, 0.2) is 11.5 Å². The molecule has 0 heterocycles. The summed E-state index contributed by atoms with van der Waals surface area (Å²) < 4.78 is 10.5. The number of carbonyl (C=O) groups is 1. The van der Waals surface area contributed by atoms with Crippen LogP contribution in [0.25, 0.3) is 0 Å². The molecule has 1 aliphatic rings. The van der Waals surface area contributed by atoms with E-state index in [1.807, 2.05) is 24.3 Å². The Labute approximate surface area is 142 Å². The van der Waals surface area contributed by atoms with Crippen LogP contribution in [0.5, 0.6) is 11.5 Å². The highest BCUT2D eigenvalue weighted by Gasteiger charge is 2.21. The van der Waals surface area contributed by atoms with E-state index in [4.69, 9.17) is 9.47 Å². The Balaban J connectivity index is 1.69. The molecule has 2 aromatic rings. The van der Waals surface area contributed by atoms with Crippen LogP contribution >= 0.6 is 0 Å². The molecule has 1 aliphatic carbocycles. The van der Waals surface area contributed by atoms with Gasteiger partial charge in [-0.2, -0.15) is 0 Å². The predicted molar refractivity (Wildman–Crippen MR) is 93.5 cm³/mol. The van der Waals surface area contributed by atoms with Crippen molar-refractivity contribution in [3.63, 3.8) is 0 Å². The normalized spacial score (nSPS) is 16.2. The molecule has 0 radical (unpaired) electrons. The van der Waals surface area contributed by atoms with Crippen LogP contribution in [0.2, 0.25) is 0 Å². The lowest BCUT2D eigenvalue weighted by molar-refractivity contribution is -0.121. The number of aryl methyl sites for hydroxylation is 1. The highest BCUT2D eigenvalue weighted by Crippen LogP contribution is 2.30. The fourth-order valence-corrected chi connectivity index (χ4v) is 3.33. The van der Waals surface area contributed by atoms with Crippen LogP contribution in [-0.4, -0.2) is 20.1 Å². The SMILES string of the molecule is COc1ccc(CC(=O)NC2CCCc3ccccc32)cc1OC. The van der Waals surface area contributed by atoms with Crippen LogP contribution in [0, 0.1) is 0 Å². The highest BCUT2D eigenvalue weighted by molar-refractivity contribution is 5.79. The van der Waals surface area contributed by atoms with Crippen LogP contribution in [0.1, 0.15) is 35.6 Å². The number of nitrogens with one attached hydrogen (secondary N) is 1. The summed E-state index contributed by atoms with van der Waals surface area (Å²) in [5, 5.41) is 3.18. The first kappa shape index (κ1) is 16.4. The number of fused-ring (bicyclic) bond motifs is 1. The summed E-state index contributed by atoms with van der Waals surface area (Å²) in [5.41, 5.74) is 3.51. The van der Waals surface area contributed by atoms with Crippen molar-refractivity contribution < 1.29 is 14.3 Å². The van der Waals surface area contributed by atoms with Crippen LogP contribution in [-0.2, 0) is 17.6 Å². The molecule has 0 bridgehead atoms. The second-order valence-corrected chi connectivity index (χ2v) is 6.08. The van der Waals surface area contributed by atoms with Crippen molar-refractivity contribution in [2.24, 2.45) is 0 Å². The summed E-state index contributed by atoms with van der Waals surface area (Å²) in [6.45, 7) is 0. The topological polar surface area (TPSA) is 47.6 Å². The molecule has 1 unspecified atom stereocenters. The maximum atomic E-state index is 12.5. The van der Waals surface area contributed by atoms with Gasteiger partial charge in [0.25, 0.3) is 0 Å². The fourth-order valence-electron chi connectivity index (χ4n) is 3.33. The Bertz CT molecular complexity index is 727. The molecule has 0 saturated heterocycles. The number of ether oxygens (including phenoxy) is 2. The average Bonchev–Trinajstić information content (AvgIpc) is 2.62. The Hall–Kier alpha value is -2.49. The zero-order chi connectivity index (χ0) is 16.9. The number of rotatable bonds is 5. The van der Waals surface area contributed by atoms with Gasteiger partial charge >= 0.3 is 0 Å². The van der Waals surface area contributed by atoms with Crippen LogP contribution in [0.4, 0.5) is 0 Å². The van der Waals surface area contributed by atoms with Crippen molar-refractivity contribution in [3.05, 3.63) is 59.2 Å². The van der Waals surface area contributed by atoms with E-state index >= 15 is 0 Å². The van der Waals surface area contributed by atoms with E-state index in [1.54, 1.807) is 14.2 Å². The summed E-state index contributed by atoms with van der Waals surface area (Å²) >= 11 is 0. The second-order valence-electron chi connectivity index (χ2n) is 6.08. The number of amides is 1. The molecule has 0 saturated carbocycles. The van der Waals surface area contributed by atoms with Crippen LogP contribution in [0.15, 0.2) is 42.5 Å². The lowest BCUT2D eigenvalue weighted by Gasteiger charge is -2.26. The molecule has 0 aromatic heterocycles. The number of methoxy groups -OCH3 is 2. The summed E-state index contributed by atoms with van der Waals surface area (Å²) in [7, 11) is 3.20. The van der Waals surface area contributed by atoms with E-state index < -0.39 is 0 Å². The molecule has 0 fully saturated rings. The largest absolute Gasteiger partial charge is 0.493 e. The van der Waals surface area contributed by atoms with Crippen molar-refractivity contribution in [2.75, 3.05) is 14.2 Å². The smallest absolute Gasteiger partial charge is 0.224 e. The highest BCUT2D eigenvalue weighted by atomic mass is 16.5. The third kappa shape index (κ3) is 3.53. The van der Waals surface area contributed by atoms with Gasteiger partial charge in [0.05, 0.1) is 26.7 Å². The molecule has 4 heteroatoms. The molecule has 1 N–H and O–H groups in total. The third-order valence-electron chi connectivity index (χ3n) is 4.52. The Morgan fingerprint density at radius 1 is 1.12 bits per heavy atom. The molecule has 2 aromatic carbocycles. The van der Waals surface area contributed by atoms with Crippen molar-refractivity contribution in [1.82, 2.24) is 5.32 Å². The fraction of sp³-hybridized carbons (Fsp3) is 0.350. The summed E-state index contributed by atoms with van der Waals surface area (Å²) in [6.07, 6.45) is 3.53. The Morgan fingerprint density at radius 3 is 2.71 bits per heavy atom. The molecule has 3 rings (SSSR count). The molecule has 0 spiro atoms. The number of hydrogen-bond donors (Lipinski definition) is 1. The minimum absolute atomic E-state index is 0.0314. The lowest BCUT2D eigenvalue weighted by Crippen LogP contribution is -2.32. The van der Waals surface area contributed by atoms with E-state index in [9.17, 15) is 4.79 Å². The van der Waals surface area contributed by atoms with Gasteiger partial charge in [0.2, 0.25) is 5.91 Å². The van der Waals surface area contributed by atoms with Gasteiger partial charge in [-0.1, -0.05) is 30.3 Å². The Kier molecular flexibility index (Phi) is 5.04. The van der Waals surface area contributed by atoms with Crippen molar-refractivity contribution >= 4 is 5.91 Å². The van der Waals surface area contributed by atoms with E-state index in [-0.39, 0.29) is 11.9 Å². The maximum absolute atomic E-state index is 12.5. The monoisotopic (exact) mass is 325 g/mol. The van der Waals surface area contributed by atoms with E-state index in [1.165, 1.54) is 11.1 Å². The molecule has 0 aliphatic heterocycles. The molecular weight excluding hydrogens is 302 g/mol. The third-order valence-corrected chi connectivity index (χ3v) is 4.52. The summed E-state index contributed by atoms with van der Waals surface area (Å²) in [6, 6.07) is 14.1. The quantitative estimate of drug-likeness (QED) is 0.916. The van der Waals surface area contributed by atoms with Gasteiger partial charge in [-0.3, -0.25) is 4.79 Å². The van der Waals surface area contributed by atoms with E-state index in [2.05, 4.69) is 23.5 Å².